The summed E-state index contributed by atoms with van der Waals surface area (Å²) in [5.74, 6) is 0. The maximum atomic E-state index is 8.91. The van der Waals surface area contributed by atoms with Crippen LogP contribution < -0.4 is 19.5 Å². The van der Waals surface area contributed by atoms with Gasteiger partial charge in [-0.2, -0.15) is 7.82 Å². The zero-order valence-electron chi connectivity index (χ0n) is 5.74. The fraction of sp³-hybridized carbons (Fsp3) is 0. The summed E-state index contributed by atoms with van der Waals surface area (Å²) in [4.78, 5) is 56.2. The SMILES string of the molecule is O=P([O-])([O-])[O-].[Mg+2].[Mg+2].[O-][Si](O)(O)O. The molecule has 0 rings (SSSR count). The zero-order chi connectivity index (χ0) is 9.00. The van der Waals surface area contributed by atoms with E-state index < -0.39 is 16.9 Å². The van der Waals surface area contributed by atoms with Crippen molar-refractivity contribution >= 4 is 63.0 Å². The fourth-order valence-corrected chi connectivity index (χ4v) is 0. The van der Waals surface area contributed by atoms with Crippen molar-refractivity contribution in [3.63, 3.8) is 0 Å². The van der Waals surface area contributed by atoms with Crippen molar-refractivity contribution in [2.75, 3.05) is 0 Å². The van der Waals surface area contributed by atoms with Crippen LogP contribution in [0.2, 0.25) is 0 Å². The monoisotopic (exact) mass is 238 g/mol. The Morgan fingerprint density at radius 2 is 1.00 bits per heavy atom. The van der Waals surface area contributed by atoms with Crippen molar-refractivity contribution in [3.05, 3.63) is 0 Å². The summed E-state index contributed by atoms with van der Waals surface area (Å²) in [5, 5.41) is 0. The fourth-order valence-electron chi connectivity index (χ4n) is 0. The van der Waals surface area contributed by atoms with Crippen molar-refractivity contribution in [1.29, 1.82) is 0 Å². The van der Waals surface area contributed by atoms with E-state index in [0.29, 0.717) is 0 Å². The van der Waals surface area contributed by atoms with E-state index in [1.54, 1.807) is 0 Å². The molecule has 0 aromatic carbocycles. The van der Waals surface area contributed by atoms with E-state index in [1.807, 2.05) is 0 Å². The first-order valence-electron chi connectivity index (χ1n) is 1.61. The average Bonchev–Trinajstić information content (AvgIpc) is 1.12. The zero-order valence-corrected chi connectivity index (χ0v) is 10.5. The van der Waals surface area contributed by atoms with Crippen molar-refractivity contribution in [1.82, 2.24) is 0 Å². The van der Waals surface area contributed by atoms with Crippen LogP contribution in [0.4, 0.5) is 0 Å². The van der Waals surface area contributed by atoms with Crippen LogP contribution in [0.1, 0.15) is 0 Å². The summed E-state index contributed by atoms with van der Waals surface area (Å²) in [6.45, 7) is 0. The van der Waals surface area contributed by atoms with Gasteiger partial charge in [0, 0.05) is 0 Å². The third kappa shape index (κ3) is 464. The van der Waals surface area contributed by atoms with Gasteiger partial charge in [-0.25, -0.2) is 0 Å². The molecule has 0 heterocycles. The van der Waals surface area contributed by atoms with Crippen LogP contribution in [0.15, 0.2) is 0 Å². The Bertz CT molecular complexity index is 109. The molecule has 0 amide bonds. The van der Waals surface area contributed by atoms with E-state index in [-0.39, 0.29) is 46.1 Å². The topological polar surface area (TPSA) is 170 Å². The van der Waals surface area contributed by atoms with Gasteiger partial charge in [0.15, 0.2) is 0 Å². The molecule has 0 aromatic rings. The quantitative estimate of drug-likeness (QED) is 0.276. The molecule has 0 unspecified atom stereocenters. The molecule has 0 saturated heterocycles. The van der Waals surface area contributed by atoms with Crippen LogP contribution in [0, 0.1) is 0 Å². The van der Waals surface area contributed by atoms with Gasteiger partial charge in [-0.1, -0.05) is 0 Å². The Kier molecular flexibility index (Phi) is 18.1. The summed E-state index contributed by atoms with van der Waals surface area (Å²) < 4.78 is 8.55. The molecule has 0 radical (unpaired) electrons. The molecule has 12 heteroatoms. The smallest absolute Gasteiger partial charge is 0.822 e. The molecule has 0 aliphatic rings. The van der Waals surface area contributed by atoms with Crippen LogP contribution in [0.5, 0.6) is 0 Å². The predicted molar refractivity (Wildman–Crippen MR) is 31.5 cm³/mol. The summed E-state index contributed by atoms with van der Waals surface area (Å²) in [5.41, 5.74) is 0. The van der Waals surface area contributed by atoms with E-state index in [4.69, 9.17) is 38.4 Å². The third-order valence-electron chi connectivity index (χ3n) is 0. The summed E-state index contributed by atoms with van der Waals surface area (Å²) in [6.07, 6.45) is 0. The van der Waals surface area contributed by atoms with Gasteiger partial charge in [-0.15, -0.1) is 0 Å². The molecular weight excluding hydrogens is 236 g/mol. The molecule has 3 N–H and O–H groups in total. The first-order valence-corrected chi connectivity index (χ1v) is 4.82. The molecule has 12 heavy (non-hydrogen) atoms. The Labute approximate surface area is 101 Å². The number of rotatable bonds is 0. The number of hydrogen-bond acceptors (Lipinski definition) is 8. The normalized spacial score (nSPS) is 9.92. The molecule has 0 aliphatic heterocycles. The molecular formula is H3Mg2O8PSi. The molecule has 0 aromatic heterocycles. The van der Waals surface area contributed by atoms with E-state index in [0.717, 1.165) is 0 Å². The van der Waals surface area contributed by atoms with E-state index in [9.17, 15) is 0 Å². The van der Waals surface area contributed by atoms with Gasteiger partial charge in [-0.3, -0.25) is 0 Å². The van der Waals surface area contributed by atoms with E-state index in [2.05, 4.69) is 0 Å². The van der Waals surface area contributed by atoms with Crippen LogP contribution in [-0.4, -0.2) is 69.5 Å². The van der Waals surface area contributed by atoms with Gasteiger partial charge in [-0.05, 0) is 0 Å². The van der Waals surface area contributed by atoms with Gasteiger partial charge in [0.05, 0.1) is 0 Å². The van der Waals surface area contributed by atoms with Crippen LogP contribution >= 0.6 is 7.82 Å². The van der Waals surface area contributed by atoms with Gasteiger partial charge in [0.1, 0.15) is 0 Å². The van der Waals surface area contributed by atoms with Crippen LogP contribution in [-0.2, 0) is 4.57 Å². The second kappa shape index (κ2) is 9.26. The van der Waals surface area contributed by atoms with E-state index in [1.165, 1.54) is 0 Å². The molecule has 0 aliphatic carbocycles. The minimum absolute atomic E-state index is 0. The van der Waals surface area contributed by atoms with Gasteiger partial charge >= 0.3 is 55.2 Å². The number of phosphoric acid groups is 1. The van der Waals surface area contributed by atoms with Gasteiger partial charge in [0.25, 0.3) is 0 Å². The van der Waals surface area contributed by atoms with Crippen molar-refractivity contribution in [2.45, 2.75) is 0 Å². The summed E-state index contributed by atoms with van der Waals surface area (Å²) in [6, 6.07) is 0. The van der Waals surface area contributed by atoms with Crippen molar-refractivity contribution < 1.29 is 38.4 Å². The standard InChI is InChI=1S/2Mg.H3O4P.H3O4Si/c;;2*1-5(2,3)4/h;;(H3,1,2,3,4);1-3H/q2*+2;;-1/p-3. The molecule has 0 spiro atoms. The third-order valence-corrected chi connectivity index (χ3v) is 0. The maximum Gasteiger partial charge on any atom is 2.00 e. The molecule has 64 valence electrons. The Morgan fingerprint density at radius 1 is 1.00 bits per heavy atom. The number of hydrogen-bond donors (Lipinski definition) is 3. The molecule has 0 bridgehead atoms. The molecule has 0 fully saturated rings. The Balaban J connectivity index is -0.0000000457. The minimum Gasteiger partial charge on any atom is -0.822 e. The van der Waals surface area contributed by atoms with Crippen molar-refractivity contribution in [2.24, 2.45) is 0 Å². The Hall–Kier alpha value is 1.70. The van der Waals surface area contributed by atoms with Crippen LogP contribution in [0.3, 0.4) is 0 Å². The molecule has 8 nitrogen and oxygen atoms in total. The minimum atomic E-state index is -5.39. The van der Waals surface area contributed by atoms with Crippen LogP contribution in [0.25, 0.3) is 0 Å². The van der Waals surface area contributed by atoms with Crippen molar-refractivity contribution in [3.8, 4) is 0 Å². The second-order valence-corrected chi connectivity index (χ2v) is 3.06. The summed E-state index contributed by atoms with van der Waals surface area (Å²) >= 11 is 0. The largest absolute Gasteiger partial charge is 2.00 e. The predicted octanol–water partition coefficient (Wildman–Crippen LogP) is -6.83. The second-order valence-electron chi connectivity index (χ2n) is 1.02. The first-order chi connectivity index (χ1) is 4.00. The molecule has 0 atom stereocenters. The van der Waals surface area contributed by atoms with Gasteiger partial charge < -0.3 is 38.4 Å². The molecule has 0 saturated carbocycles. The Morgan fingerprint density at radius 3 is 1.00 bits per heavy atom. The first kappa shape index (κ1) is 23.5. The van der Waals surface area contributed by atoms with E-state index >= 15 is 0 Å². The summed E-state index contributed by atoms with van der Waals surface area (Å²) in [7, 11) is -10.2. The maximum absolute atomic E-state index is 8.91. The van der Waals surface area contributed by atoms with Gasteiger partial charge in [0.2, 0.25) is 0 Å². The average molecular weight is 239 g/mol.